The highest BCUT2D eigenvalue weighted by atomic mass is 32.1. The molecule has 0 aliphatic heterocycles. The van der Waals surface area contributed by atoms with E-state index < -0.39 is 0 Å². The Morgan fingerprint density at radius 1 is 0.962 bits per heavy atom. The largest absolute Gasteiger partial charge is 0.313 e. The van der Waals surface area contributed by atoms with Gasteiger partial charge in [-0.05, 0) is 92.7 Å². The summed E-state index contributed by atoms with van der Waals surface area (Å²) in [5.41, 5.74) is 3.23. The van der Waals surface area contributed by atoms with Crippen LogP contribution in [0.5, 0.6) is 0 Å². The highest BCUT2D eigenvalue weighted by molar-refractivity contribution is 7.10. The molecule has 6 rings (SSSR count). The quantitative estimate of drug-likeness (QED) is 0.626. The van der Waals surface area contributed by atoms with Crippen LogP contribution in [0, 0.1) is 30.6 Å². The van der Waals surface area contributed by atoms with E-state index in [0.29, 0.717) is 5.41 Å². The second kappa shape index (κ2) is 6.80. The van der Waals surface area contributed by atoms with Crippen molar-refractivity contribution in [2.24, 2.45) is 23.7 Å². The maximum Gasteiger partial charge on any atom is 0.0205 e. The lowest BCUT2D eigenvalue weighted by molar-refractivity contribution is -0.0630. The monoisotopic (exact) mass is 365 g/mol. The lowest BCUT2D eigenvalue weighted by atomic mass is 9.44. The molecule has 1 aromatic carbocycles. The fraction of sp³-hybridized carbons (Fsp3) is 0.583. The molecule has 4 saturated carbocycles. The van der Waals surface area contributed by atoms with Crippen molar-refractivity contribution in [1.82, 2.24) is 5.32 Å². The molecule has 1 aromatic heterocycles. The van der Waals surface area contributed by atoms with E-state index in [1.807, 2.05) is 11.3 Å². The average molecular weight is 366 g/mol. The van der Waals surface area contributed by atoms with Crippen molar-refractivity contribution in [3.63, 3.8) is 0 Å². The smallest absolute Gasteiger partial charge is 0.0205 e. The molecule has 2 heteroatoms. The average Bonchev–Trinajstić information content (AvgIpc) is 3.17. The van der Waals surface area contributed by atoms with Gasteiger partial charge in [-0.3, -0.25) is 0 Å². The first-order chi connectivity index (χ1) is 12.7. The lowest BCUT2D eigenvalue weighted by Gasteiger charge is -2.61. The second-order valence-electron chi connectivity index (χ2n) is 9.23. The third kappa shape index (κ3) is 2.86. The third-order valence-electron chi connectivity index (χ3n) is 7.74. The Kier molecular flexibility index (Phi) is 4.45. The van der Waals surface area contributed by atoms with Gasteiger partial charge in [0.25, 0.3) is 0 Å². The molecule has 4 fully saturated rings. The number of rotatable bonds is 6. The van der Waals surface area contributed by atoms with E-state index in [4.69, 9.17) is 0 Å². The summed E-state index contributed by atoms with van der Waals surface area (Å²) in [6.07, 6.45) is 8.88. The summed E-state index contributed by atoms with van der Waals surface area (Å²) in [5, 5.41) is 6.08. The Hall–Kier alpha value is -1.12. The number of thiophene rings is 1. The van der Waals surface area contributed by atoms with Crippen molar-refractivity contribution in [2.75, 3.05) is 6.54 Å². The van der Waals surface area contributed by atoms with Crippen LogP contribution in [0.4, 0.5) is 0 Å². The van der Waals surface area contributed by atoms with Gasteiger partial charge < -0.3 is 5.32 Å². The van der Waals surface area contributed by atoms with Gasteiger partial charge in [-0.25, -0.2) is 0 Å². The van der Waals surface area contributed by atoms with Crippen LogP contribution < -0.4 is 5.32 Å². The normalized spacial score (nSPS) is 35.1. The Bertz CT molecular complexity index is 702. The van der Waals surface area contributed by atoms with Gasteiger partial charge in [-0.2, -0.15) is 0 Å². The van der Waals surface area contributed by atoms with Crippen LogP contribution >= 0.6 is 11.3 Å². The van der Waals surface area contributed by atoms with Crippen LogP contribution in [0.15, 0.2) is 41.8 Å². The van der Waals surface area contributed by atoms with E-state index in [9.17, 15) is 0 Å². The molecule has 4 bridgehead atoms. The van der Waals surface area contributed by atoms with Gasteiger partial charge in [0.1, 0.15) is 0 Å². The van der Waals surface area contributed by atoms with E-state index in [1.165, 1.54) is 43.2 Å². The highest BCUT2D eigenvalue weighted by Gasteiger charge is 2.57. The topological polar surface area (TPSA) is 12.0 Å². The maximum atomic E-state index is 3.77. The van der Waals surface area contributed by atoms with Crippen LogP contribution in [0.25, 0.3) is 0 Å². The lowest BCUT2D eigenvalue weighted by Crippen LogP contribution is -2.56. The first kappa shape index (κ1) is 17.0. The summed E-state index contributed by atoms with van der Waals surface area (Å²) in [5.74, 6) is 3.98. The third-order valence-corrected chi connectivity index (χ3v) is 8.80. The minimum atomic E-state index is 0.474. The molecular weight excluding hydrogens is 334 g/mol. The number of aryl methyl sites for hydroxylation is 1. The molecule has 0 spiro atoms. The summed E-state index contributed by atoms with van der Waals surface area (Å²) in [6, 6.07) is 13.7. The Morgan fingerprint density at radius 2 is 1.65 bits per heavy atom. The number of benzene rings is 1. The van der Waals surface area contributed by atoms with Crippen molar-refractivity contribution in [3.8, 4) is 0 Å². The van der Waals surface area contributed by atoms with E-state index in [-0.39, 0.29) is 0 Å². The summed E-state index contributed by atoms with van der Waals surface area (Å²) in [7, 11) is 0. The van der Waals surface area contributed by atoms with Gasteiger partial charge in [0.2, 0.25) is 0 Å². The molecule has 0 unspecified atom stereocenters. The minimum absolute atomic E-state index is 0.474. The molecule has 0 amide bonds. The zero-order valence-electron chi connectivity index (χ0n) is 15.9. The van der Waals surface area contributed by atoms with Crippen LogP contribution in [0.1, 0.15) is 54.5 Å². The molecule has 0 saturated heterocycles. The molecule has 138 valence electrons. The van der Waals surface area contributed by atoms with Gasteiger partial charge in [0.15, 0.2) is 0 Å². The first-order valence-corrected chi connectivity index (χ1v) is 11.4. The fourth-order valence-corrected chi connectivity index (χ4v) is 7.85. The van der Waals surface area contributed by atoms with Crippen LogP contribution in [0.3, 0.4) is 0 Å². The van der Waals surface area contributed by atoms with Gasteiger partial charge in [0, 0.05) is 16.8 Å². The second-order valence-corrected chi connectivity index (χ2v) is 10.2. The summed E-state index contributed by atoms with van der Waals surface area (Å²) < 4.78 is 0. The molecular formula is C24H31NS. The van der Waals surface area contributed by atoms with Crippen LogP contribution in [-0.2, 0) is 12.0 Å². The van der Waals surface area contributed by atoms with Crippen molar-refractivity contribution in [3.05, 3.63) is 57.8 Å². The Morgan fingerprint density at radius 3 is 2.27 bits per heavy atom. The first-order valence-electron chi connectivity index (χ1n) is 10.5. The van der Waals surface area contributed by atoms with Crippen molar-refractivity contribution >= 4 is 11.3 Å². The van der Waals surface area contributed by atoms with E-state index in [2.05, 4.69) is 54.0 Å². The van der Waals surface area contributed by atoms with E-state index in [1.54, 1.807) is 11.3 Å². The minimum Gasteiger partial charge on any atom is -0.313 e. The van der Waals surface area contributed by atoms with Crippen LogP contribution in [0.2, 0.25) is 0 Å². The van der Waals surface area contributed by atoms with Crippen LogP contribution in [-0.4, -0.2) is 6.54 Å². The molecule has 2 aromatic rings. The maximum absolute atomic E-state index is 3.77. The SMILES string of the molecule is Cc1ccc(CNCCC2(c3cccs3)C3CC4CC(C3)CC2C4)cc1. The predicted molar refractivity (Wildman–Crippen MR) is 111 cm³/mol. The molecule has 0 atom stereocenters. The van der Waals surface area contributed by atoms with E-state index in [0.717, 1.165) is 36.8 Å². The molecule has 1 heterocycles. The Balaban J connectivity index is 1.31. The van der Waals surface area contributed by atoms with Crippen molar-refractivity contribution in [2.45, 2.75) is 57.4 Å². The number of nitrogens with one attached hydrogen (secondary N) is 1. The summed E-state index contributed by atoms with van der Waals surface area (Å²) in [6.45, 7) is 4.31. The molecule has 26 heavy (non-hydrogen) atoms. The molecule has 4 aliphatic rings. The van der Waals surface area contributed by atoms with Gasteiger partial charge in [0.05, 0.1) is 0 Å². The fourth-order valence-electron chi connectivity index (χ4n) is 6.74. The molecule has 1 nitrogen and oxygen atoms in total. The zero-order chi connectivity index (χ0) is 17.6. The van der Waals surface area contributed by atoms with Crippen molar-refractivity contribution in [1.29, 1.82) is 0 Å². The molecule has 0 radical (unpaired) electrons. The standard InChI is InChI=1S/C24H31NS/c1-17-4-6-18(7-5-17)16-25-9-8-24(23-3-2-10-26-23)21-12-19-11-20(14-21)15-22(24)13-19/h2-7,10,19-22,25H,8-9,11-16H2,1H3. The van der Waals surface area contributed by atoms with Crippen molar-refractivity contribution < 1.29 is 0 Å². The number of hydrogen-bond acceptors (Lipinski definition) is 2. The van der Waals surface area contributed by atoms with Gasteiger partial charge in [-0.15, -0.1) is 11.3 Å². The summed E-state index contributed by atoms with van der Waals surface area (Å²) in [4.78, 5) is 1.70. The summed E-state index contributed by atoms with van der Waals surface area (Å²) >= 11 is 2.03. The van der Waals surface area contributed by atoms with Gasteiger partial charge in [-0.1, -0.05) is 35.9 Å². The van der Waals surface area contributed by atoms with E-state index >= 15 is 0 Å². The highest BCUT2D eigenvalue weighted by Crippen LogP contribution is 2.64. The molecule has 1 N–H and O–H groups in total. The number of hydrogen-bond donors (Lipinski definition) is 1. The molecule has 4 aliphatic carbocycles. The zero-order valence-corrected chi connectivity index (χ0v) is 16.7. The predicted octanol–water partition coefficient (Wildman–Crippen LogP) is 5.93. The van der Waals surface area contributed by atoms with Gasteiger partial charge >= 0.3 is 0 Å². The Labute approximate surface area is 162 Å².